The molecule has 0 amide bonds. The highest BCUT2D eigenvalue weighted by Gasteiger charge is 2.29. The molecule has 1 aromatic heterocycles. The predicted octanol–water partition coefficient (Wildman–Crippen LogP) is 3.17. The Hall–Kier alpha value is -0.800. The van der Waals surface area contributed by atoms with Crippen LogP contribution in [0.3, 0.4) is 0 Å². The van der Waals surface area contributed by atoms with Gasteiger partial charge < -0.3 is 4.90 Å². The molecule has 1 aliphatic rings. The van der Waals surface area contributed by atoms with Crippen LogP contribution in [0.4, 0.5) is 10.7 Å². The van der Waals surface area contributed by atoms with Crippen LogP contribution in [-0.4, -0.2) is 43.7 Å². The van der Waals surface area contributed by atoms with Crippen molar-refractivity contribution < 1.29 is 13.3 Å². The largest absolute Gasteiger partial charge is 0.357 e. The predicted molar refractivity (Wildman–Crippen MR) is 92.1 cm³/mol. The van der Waals surface area contributed by atoms with Crippen molar-refractivity contribution in [2.45, 2.75) is 35.6 Å². The average Bonchev–Trinajstić information content (AvgIpc) is 2.76. The van der Waals surface area contributed by atoms with E-state index >= 15 is 0 Å². The molecule has 0 saturated carbocycles. The molecule has 1 fully saturated rings. The van der Waals surface area contributed by atoms with E-state index in [1.54, 1.807) is 0 Å². The number of thiophene rings is 1. The molecule has 2 rings (SSSR count). The van der Waals surface area contributed by atoms with Crippen LogP contribution in [0, 0.1) is 10.1 Å². The molecule has 1 saturated heterocycles. The lowest BCUT2D eigenvalue weighted by Crippen LogP contribution is -2.29. The Bertz CT molecular complexity index is 642. The zero-order chi connectivity index (χ0) is 16.3. The fourth-order valence-electron chi connectivity index (χ4n) is 2.55. The lowest BCUT2D eigenvalue weighted by atomic mass is 10.2. The zero-order valence-corrected chi connectivity index (χ0v) is 15.1. The smallest absolute Gasteiger partial charge is 0.305 e. The first kappa shape index (κ1) is 17.6. The molecule has 124 valence electrons. The van der Waals surface area contributed by atoms with Crippen molar-refractivity contribution in [1.82, 2.24) is 0 Å². The minimum absolute atomic E-state index is 0.0677. The lowest BCUT2D eigenvalue weighted by Gasteiger charge is -2.24. The van der Waals surface area contributed by atoms with E-state index in [4.69, 9.17) is 0 Å². The molecule has 1 aromatic rings. The van der Waals surface area contributed by atoms with E-state index in [2.05, 4.69) is 6.92 Å². The van der Waals surface area contributed by atoms with Crippen LogP contribution in [0.1, 0.15) is 26.2 Å². The molecule has 0 spiro atoms. The van der Waals surface area contributed by atoms with Crippen molar-refractivity contribution in [3.8, 4) is 0 Å². The van der Waals surface area contributed by atoms with Gasteiger partial charge in [-0.05, 0) is 18.6 Å². The number of rotatable bonds is 5. The minimum Gasteiger partial charge on any atom is -0.357 e. The van der Waals surface area contributed by atoms with Crippen LogP contribution in [0.2, 0.25) is 0 Å². The maximum atomic E-state index is 11.7. The second kappa shape index (κ2) is 7.18. The van der Waals surface area contributed by atoms with E-state index < -0.39 is 14.8 Å². The molecule has 0 aromatic carbocycles. The Morgan fingerprint density at radius 2 is 2.23 bits per heavy atom. The molecule has 0 aliphatic carbocycles. The Kier molecular flexibility index (Phi) is 5.73. The Balaban J connectivity index is 2.36. The second-order valence-electron chi connectivity index (χ2n) is 5.30. The van der Waals surface area contributed by atoms with Crippen molar-refractivity contribution in [1.29, 1.82) is 0 Å². The molecule has 1 atom stereocenters. The number of sulfone groups is 1. The molecular weight excluding hydrogens is 344 g/mol. The SMILES string of the molecule is CCSC1CCCCN(c2sc(S(C)(=O)=O)cc2[N+](=O)[O-])C1. The third-order valence-corrected chi connectivity index (χ3v) is 7.73. The van der Waals surface area contributed by atoms with Crippen molar-refractivity contribution >= 4 is 43.6 Å². The van der Waals surface area contributed by atoms with Crippen molar-refractivity contribution in [2.75, 3.05) is 30.0 Å². The van der Waals surface area contributed by atoms with Crippen LogP contribution < -0.4 is 4.90 Å². The molecule has 1 unspecified atom stereocenters. The summed E-state index contributed by atoms with van der Waals surface area (Å²) in [7, 11) is -3.43. The van der Waals surface area contributed by atoms with Gasteiger partial charge in [0.25, 0.3) is 0 Å². The number of nitrogens with zero attached hydrogens (tertiary/aromatic N) is 2. The summed E-state index contributed by atoms with van der Waals surface area (Å²) >= 11 is 2.88. The minimum atomic E-state index is -3.43. The quantitative estimate of drug-likeness (QED) is 0.590. The Morgan fingerprint density at radius 3 is 2.82 bits per heavy atom. The van der Waals surface area contributed by atoms with E-state index in [-0.39, 0.29) is 9.90 Å². The standard InChI is InChI=1S/C13H20N2O4S3/c1-3-20-10-6-4-5-7-14(9-10)13-11(15(16)17)8-12(21-13)22(2,18)19/h8,10H,3-7,9H2,1-2H3. The van der Waals surface area contributed by atoms with E-state index in [0.29, 0.717) is 10.3 Å². The molecule has 22 heavy (non-hydrogen) atoms. The van der Waals surface area contributed by atoms with Crippen molar-refractivity contribution in [3.63, 3.8) is 0 Å². The van der Waals surface area contributed by atoms with Crippen LogP contribution in [0.5, 0.6) is 0 Å². The normalized spacial score (nSPS) is 19.9. The third kappa shape index (κ3) is 4.14. The van der Waals surface area contributed by atoms with Crippen LogP contribution in [-0.2, 0) is 9.84 Å². The van der Waals surface area contributed by atoms with Gasteiger partial charge in [0.05, 0.1) is 4.92 Å². The van der Waals surface area contributed by atoms with Gasteiger partial charge in [-0.2, -0.15) is 11.8 Å². The fraction of sp³-hybridized carbons (Fsp3) is 0.692. The number of hydrogen-bond acceptors (Lipinski definition) is 7. The molecule has 9 heteroatoms. The highest BCUT2D eigenvalue weighted by Crippen LogP contribution is 2.41. The molecule has 0 N–H and O–H groups in total. The maximum absolute atomic E-state index is 11.7. The van der Waals surface area contributed by atoms with E-state index in [9.17, 15) is 18.5 Å². The number of thioether (sulfide) groups is 1. The van der Waals surface area contributed by atoms with E-state index in [0.717, 1.165) is 55.7 Å². The number of anilines is 1. The molecule has 0 radical (unpaired) electrons. The summed E-state index contributed by atoms with van der Waals surface area (Å²) in [6.45, 7) is 3.59. The van der Waals surface area contributed by atoms with E-state index in [1.165, 1.54) is 6.07 Å². The summed E-state index contributed by atoms with van der Waals surface area (Å²) < 4.78 is 23.5. The molecule has 6 nitrogen and oxygen atoms in total. The summed E-state index contributed by atoms with van der Waals surface area (Å²) in [6, 6.07) is 1.20. The van der Waals surface area contributed by atoms with Gasteiger partial charge in [-0.3, -0.25) is 10.1 Å². The van der Waals surface area contributed by atoms with Gasteiger partial charge in [-0.15, -0.1) is 0 Å². The first-order valence-electron chi connectivity index (χ1n) is 7.17. The summed E-state index contributed by atoms with van der Waals surface area (Å²) in [4.78, 5) is 12.8. The zero-order valence-electron chi connectivity index (χ0n) is 12.6. The summed E-state index contributed by atoms with van der Waals surface area (Å²) in [5.41, 5.74) is -0.0902. The average molecular weight is 365 g/mol. The third-order valence-electron chi connectivity index (χ3n) is 3.55. The summed E-state index contributed by atoms with van der Waals surface area (Å²) in [5.74, 6) is 1.01. The summed E-state index contributed by atoms with van der Waals surface area (Å²) in [6.07, 6.45) is 4.27. The summed E-state index contributed by atoms with van der Waals surface area (Å²) in [5, 5.41) is 12.2. The molecular formula is C13H20N2O4S3. The molecule has 0 bridgehead atoms. The Morgan fingerprint density at radius 1 is 1.50 bits per heavy atom. The van der Waals surface area contributed by atoms with E-state index in [1.807, 2.05) is 16.7 Å². The van der Waals surface area contributed by atoms with Gasteiger partial charge in [0.1, 0.15) is 4.21 Å². The van der Waals surface area contributed by atoms with Gasteiger partial charge >= 0.3 is 5.69 Å². The van der Waals surface area contributed by atoms with Gasteiger partial charge in [-0.1, -0.05) is 24.7 Å². The van der Waals surface area contributed by atoms with Crippen molar-refractivity contribution in [2.24, 2.45) is 0 Å². The lowest BCUT2D eigenvalue weighted by molar-refractivity contribution is -0.383. The number of nitro groups is 1. The van der Waals surface area contributed by atoms with Gasteiger partial charge in [0.15, 0.2) is 14.8 Å². The van der Waals surface area contributed by atoms with Crippen LogP contribution >= 0.6 is 23.1 Å². The van der Waals surface area contributed by atoms with Crippen molar-refractivity contribution in [3.05, 3.63) is 16.2 Å². The topological polar surface area (TPSA) is 80.5 Å². The monoisotopic (exact) mass is 364 g/mol. The highest BCUT2D eigenvalue weighted by molar-refractivity contribution is 7.99. The number of hydrogen-bond donors (Lipinski definition) is 0. The fourth-order valence-corrected chi connectivity index (χ4v) is 5.70. The second-order valence-corrected chi connectivity index (χ2v) is 10.2. The Labute approximate surface area is 139 Å². The van der Waals surface area contributed by atoms with Crippen LogP contribution in [0.15, 0.2) is 10.3 Å². The van der Waals surface area contributed by atoms with Crippen LogP contribution in [0.25, 0.3) is 0 Å². The van der Waals surface area contributed by atoms with Gasteiger partial charge in [0, 0.05) is 30.7 Å². The molecule has 2 heterocycles. The first-order chi connectivity index (χ1) is 10.3. The van der Waals surface area contributed by atoms with Gasteiger partial charge in [-0.25, -0.2) is 8.42 Å². The molecule has 1 aliphatic heterocycles. The van der Waals surface area contributed by atoms with Gasteiger partial charge in [0.2, 0.25) is 0 Å². The highest BCUT2D eigenvalue weighted by atomic mass is 32.2. The first-order valence-corrected chi connectivity index (χ1v) is 10.9. The maximum Gasteiger partial charge on any atom is 0.305 e.